The Labute approximate surface area is 102 Å². The Bertz CT molecular complexity index is 601. The molecule has 2 aromatic rings. The molecule has 0 unspecified atom stereocenters. The molecule has 0 saturated heterocycles. The van der Waals surface area contributed by atoms with E-state index in [4.69, 9.17) is 0 Å². The van der Waals surface area contributed by atoms with Gasteiger partial charge in [-0.1, -0.05) is 55.5 Å². The maximum absolute atomic E-state index is 12.0. The smallest absolute Gasteiger partial charge is 0.179 e. The third-order valence-corrected chi connectivity index (χ3v) is 4.31. The average Bonchev–Trinajstić information content (AvgIpc) is 2.40. The monoisotopic (exact) mass is 245 g/mol. The molecule has 0 spiro atoms. The maximum atomic E-state index is 12.0. The van der Waals surface area contributed by atoms with Crippen LogP contribution in [0, 0.1) is 6.07 Å². The molecule has 1 radical (unpaired) electrons. The summed E-state index contributed by atoms with van der Waals surface area (Å²) in [6, 6.07) is 17.6. The van der Waals surface area contributed by atoms with Crippen molar-refractivity contribution >= 4 is 9.84 Å². The zero-order valence-corrected chi connectivity index (χ0v) is 10.4. The quantitative estimate of drug-likeness (QED) is 0.833. The maximum Gasteiger partial charge on any atom is 0.179 e. The second-order valence-corrected chi connectivity index (χ2v) is 5.90. The second kappa shape index (κ2) is 4.72. The van der Waals surface area contributed by atoms with E-state index < -0.39 is 9.84 Å². The fourth-order valence-corrected chi connectivity index (χ4v) is 2.73. The minimum atomic E-state index is -3.23. The molecular weight excluding hydrogens is 232 g/mol. The van der Waals surface area contributed by atoms with Crippen LogP contribution in [0.15, 0.2) is 53.4 Å². The molecule has 17 heavy (non-hydrogen) atoms. The van der Waals surface area contributed by atoms with Gasteiger partial charge in [-0.2, -0.15) is 0 Å². The Kier molecular flexibility index (Phi) is 3.29. The standard InChI is InChI=1S/C14H13O2S/c1-2-17(15,16)14-11-7-6-10-13(14)12-8-4-3-5-9-12/h3-10H,2H2,1H3. The molecule has 0 heterocycles. The average molecular weight is 245 g/mol. The van der Waals surface area contributed by atoms with Gasteiger partial charge in [-0.3, -0.25) is 0 Å². The summed E-state index contributed by atoms with van der Waals surface area (Å²) in [5.74, 6) is 0.0906. The molecule has 2 nitrogen and oxygen atoms in total. The van der Waals surface area contributed by atoms with Crippen LogP contribution in [0.3, 0.4) is 0 Å². The van der Waals surface area contributed by atoms with Gasteiger partial charge < -0.3 is 0 Å². The van der Waals surface area contributed by atoms with Crippen molar-refractivity contribution in [2.45, 2.75) is 11.8 Å². The van der Waals surface area contributed by atoms with Crippen LogP contribution < -0.4 is 0 Å². The SMILES string of the molecule is CCS(=O)(=O)c1[c]cccc1-c1ccccc1. The van der Waals surface area contributed by atoms with Crippen LogP contribution in [0.4, 0.5) is 0 Å². The number of sulfone groups is 1. The summed E-state index contributed by atoms with van der Waals surface area (Å²) in [4.78, 5) is 0.286. The van der Waals surface area contributed by atoms with Crippen molar-refractivity contribution in [1.29, 1.82) is 0 Å². The zero-order valence-electron chi connectivity index (χ0n) is 9.55. The van der Waals surface area contributed by atoms with E-state index in [2.05, 4.69) is 6.07 Å². The molecule has 0 N–H and O–H groups in total. The van der Waals surface area contributed by atoms with Crippen molar-refractivity contribution in [2.75, 3.05) is 5.75 Å². The van der Waals surface area contributed by atoms with Crippen LogP contribution in [-0.4, -0.2) is 14.2 Å². The lowest BCUT2D eigenvalue weighted by atomic mass is 10.1. The van der Waals surface area contributed by atoms with Crippen LogP contribution >= 0.6 is 0 Å². The number of hydrogen-bond acceptors (Lipinski definition) is 2. The summed E-state index contributed by atoms with van der Waals surface area (Å²) in [6.07, 6.45) is 0. The van der Waals surface area contributed by atoms with E-state index >= 15 is 0 Å². The lowest BCUT2D eigenvalue weighted by Crippen LogP contribution is -2.05. The molecular formula is C14H13O2S. The zero-order chi connectivity index (χ0) is 12.3. The Morgan fingerprint density at radius 2 is 1.76 bits per heavy atom. The van der Waals surface area contributed by atoms with Crippen molar-refractivity contribution in [3.05, 3.63) is 54.6 Å². The van der Waals surface area contributed by atoms with Crippen molar-refractivity contribution in [1.82, 2.24) is 0 Å². The van der Waals surface area contributed by atoms with Crippen LogP contribution in [0.5, 0.6) is 0 Å². The summed E-state index contributed by atoms with van der Waals surface area (Å²) in [5, 5.41) is 0. The Balaban J connectivity index is 2.65. The van der Waals surface area contributed by atoms with Gasteiger partial charge >= 0.3 is 0 Å². The molecule has 0 aromatic heterocycles. The van der Waals surface area contributed by atoms with E-state index in [0.717, 1.165) is 11.1 Å². The highest BCUT2D eigenvalue weighted by atomic mass is 32.2. The highest BCUT2D eigenvalue weighted by Crippen LogP contribution is 2.27. The number of hydrogen-bond donors (Lipinski definition) is 0. The molecule has 2 rings (SSSR count). The fourth-order valence-electron chi connectivity index (χ4n) is 1.67. The first-order valence-electron chi connectivity index (χ1n) is 5.44. The van der Waals surface area contributed by atoms with Crippen LogP contribution in [0.25, 0.3) is 11.1 Å². The van der Waals surface area contributed by atoms with Gasteiger partial charge in [0.25, 0.3) is 0 Å². The minimum absolute atomic E-state index is 0.0906. The third kappa shape index (κ3) is 2.39. The molecule has 3 heteroatoms. The topological polar surface area (TPSA) is 34.1 Å². The second-order valence-electron chi connectivity index (χ2n) is 3.68. The Morgan fingerprint density at radius 1 is 1.06 bits per heavy atom. The molecule has 2 aromatic carbocycles. The van der Waals surface area contributed by atoms with E-state index in [1.165, 1.54) is 0 Å². The molecule has 87 valence electrons. The number of rotatable bonds is 3. The van der Waals surface area contributed by atoms with E-state index in [-0.39, 0.29) is 10.6 Å². The molecule has 0 bridgehead atoms. The first-order chi connectivity index (χ1) is 8.15. The minimum Gasteiger partial charge on any atom is -0.224 e. The normalized spacial score (nSPS) is 11.4. The van der Waals surface area contributed by atoms with Gasteiger partial charge in [0.1, 0.15) is 0 Å². The summed E-state index contributed by atoms with van der Waals surface area (Å²) >= 11 is 0. The van der Waals surface area contributed by atoms with Gasteiger partial charge in [0, 0.05) is 11.6 Å². The Hall–Kier alpha value is -1.61. The van der Waals surface area contributed by atoms with Gasteiger partial charge in [-0.15, -0.1) is 0 Å². The van der Waals surface area contributed by atoms with Gasteiger partial charge in [0.15, 0.2) is 9.84 Å². The number of benzene rings is 2. The molecule has 0 fully saturated rings. The Morgan fingerprint density at radius 3 is 2.41 bits per heavy atom. The molecule has 0 amide bonds. The lowest BCUT2D eigenvalue weighted by Gasteiger charge is -2.08. The summed E-state index contributed by atoms with van der Waals surface area (Å²) < 4.78 is 23.9. The third-order valence-electron chi connectivity index (χ3n) is 2.59. The van der Waals surface area contributed by atoms with Gasteiger partial charge in [-0.25, -0.2) is 8.42 Å². The van der Waals surface area contributed by atoms with Crippen LogP contribution in [0.1, 0.15) is 6.92 Å². The van der Waals surface area contributed by atoms with Crippen molar-refractivity contribution in [3.63, 3.8) is 0 Å². The van der Waals surface area contributed by atoms with E-state index in [0.29, 0.717) is 0 Å². The largest absolute Gasteiger partial charge is 0.224 e. The van der Waals surface area contributed by atoms with Gasteiger partial charge in [-0.05, 0) is 5.56 Å². The molecule has 0 aliphatic carbocycles. The predicted octanol–water partition coefficient (Wildman–Crippen LogP) is 2.95. The first kappa shape index (κ1) is 11.9. The first-order valence-corrected chi connectivity index (χ1v) is 7.09. The summed E-state index contributed by atoms with van der Waals surface area (Å²) in [5.41, 5.74) is 1.62. The van der Waals surface area contributed by atoms with Crippen molar-refractivity contribution in [3.8, 4) is 11.1 Å². The highest BCUT2D eigenvalue weighted by molar-refractivity contribution is 7.91. The molecule has 0 saturated carbocycles. The fraction of sp³-hybridized carbons (Fsp3) is 0.143. The van der Waals surface area contributed by atoms with Gasteiger partial charge in [0.2, 0.25) is 0 Å². The highest BCUT2D eigenvalue weighted by Gasteiger charge is 2.16. The summed E-state index contributed by atoms with van der Waals surface area (Å²) in [7, 11) is -3.23. The van der Waals surface area contributed by atoms with Crippen LogP contribution in [-0.2, 0) is 9.84 Å². The molecule has 0 aliphatic rings. The van der Waals surface area contributed by atoms with Crippen molar-refractivity contribution < 1.29 is 8.42 Å². The summed E-state index contributed by atoms with van der Waals surface area (Å²) in [6.45, 7) is 1.64. The lowest BCUT2D eigenvalue weighted by molar-refractivity contribution is 0.597. The van der Waals surface area contributed by atoms with E-state index in [1.54, 1.807) is 19.1 Å². The molecule has 0 atom stereocenters. The molecule has 0 aliphatic heterocycles. The van der Waals surface area contributed by atoms with E-state index in [9.17, 15) is 8.42 Å². The van der Waals surface area contributed by atoms with Crippen LogP contribution in [0.2, 0.25) is 0 Å². The van der Waals surface area contributed by atoms with Crippen molar-refractivity contribution in [2.24, 2.45) is 0 Å². The van der Waals surface area contributed by atoms with Gasteiger partial charge in [0.05, 0.1) is 10.6 Å². The predicted molar refractivity (Wildman–Crippen MR) is 68.4 cm³/mol. The van der Waals surface area contributed by atoms with E-state index in [1.807, 2.05) is 36.4 Å².